The van der Waals surface area contributed by atoms with Crippen molar-refractivity contribution < 1.29 is 12.6 Å². The van der Waals surface area contributed by atoms with Crippen LogP contribution >= 0.6 is 0 Å². The van der Waals surface area contributed by atoms with Crippen molar-refractivity contribution in [3.8, 4) is 0 Å². The summed E-state index contributed by atoms with van der Waals surface area (Å²) in [6.07, 6.45) is 2.98. The number of rotatable bonds is 5. The minimum atomic E-state index is -3.66. The van der Waals surface area contributed by atoms with Gasteiger partial charge in [0.15, 0.2) is 0 Å². The number of sulfonamides is 1. The Balaban J connectivity index is 2.32. The van der Waals surface area contributed by atoms with Crippen molar-refractivity contribution in [2.75, 3.05) is 18.5 Å². The van der Waals surface area contributed by atoms with Gasteiger partial charge in [0.05, 0.1) is 0 Å². The van der Waals surface area contributed by atoms with Gasteiger partial charge in [0.1, 0.15) is 4.90 Å². The molecule has 0 saturated heterocycles. The molecule has 0 bridgehead atoms. The van der Waals surface area contributed by atoms with Gasteiger partial charge in [-0.05, 0) is 25.1 Å². The molecule has 0 saturated carbocycles. The molecular weight excluding hydrogens is 298 g/mol. The molecule has 2 unspecified atom stereocenters. The van der Waals surface area contributed by atoms with Gasteiger partial charge in [-0.25, -0.2) is 13.1 Å². The largest absolute Gasteiger partial charge is 0.399 e. The van der Waals surface area contributed by atoms with Gasteiger partial charge in [-0.3, -0.25) is 4.21 Å². The average Bonchev–Trinajstić information content (AvgIpc) is 2.79. The van der Waals surface area contributed by atoms with Gasteiger partial charge >= 0.3 is 0 Å². The highest BCUT2D eigenvalue weighted by Gasteiger charge is 2.20. The van der Waals surface area contributed by atoms with Crippen molar-refractivity contribution in [1.82, 2.24) is 9.71 Å². The molecule has 0 radical (unpaired) electrons. The molecule has 0 spiro atoms. The maximum atomic E-state index is 12.3. The number of nitrogens with one attached hydrogen (secondary N) is 2. The van der Waals surface area contributed by atoms with Crippen LogP contribution in [0.4, 0.5) is 5.69 Å². The highest BCUT2D eigenvalue weighted by atomic mass is 32.2. The maximum Gasteiger partial charge on any atom is 0.242 e. The smallest absolute Gasteiger partial charge is 0.242 e. The zero-order valence-corrected chi connectivity index (χ0v) is 12.8. The predicted octanol–water partition coefficient (Wildman–Crippen LogP) is 0.795. The molecular formula is C12H17N3O3S2. The molecule has 2 atom stereocenters. The number of aromatic amines is 1. The topological polar surface area (TPSA) is 105 Å². The molecule has 1 aromatic carbocycles. The molecule has 8 heteroatoms. The first kappa shape index (κ1) is 15.0. The Kier molecular flexibility index (Phi) is 4.17. The molecule has 4 N–H and O–H groups in total. The average molecular weight is 315 g/mol. The van der Waals surface area contributed by atoms with Crippen molar-refractivity contribution in [1.29, 1.82) is 0 Å². The van der Waals surface area contributed by atoms with Gasteiger partial charge in [0, 0.05) is 51.6 Å². The Morgan fingerprint density at radius 2 is 2.15 bits per heavy atom. The summed E-state index contributed by atoms with van der Waals surface area (Å²) in [6, 6.07) is 5.04. The Morgan fingerprint density at radius 1 is 1.45 bits per heavy atom. The molecule has 0 amide bonds. The van der Waals surface area contributed by atoms with Gasteiger partial charge in [-0.2, -0.15) is 0 Å². The number of hydrogen-bond donors (Lipinski definition) is 3. The number of hydrogen-bond acceptors (Lipinski definition) is 4. The Hall–Kier alpha value is -1.38. The molecule has 1 aromatic heterocycles. The van der Waals surface area contributed by atoms with Crippen LogP contribution in [0.5, 0.6) is 0 Å². The van der Waals surface area contributed by atoms with Crippen LogP contribution in [0, 0.1) is 0 Å². The van der Waals surface area contributed by atoms with Crippen LogP contribution in [0.1, 0.15) is 6.92 Å². The summed E-state index contributed by atoms with van der Waals surface area (Å²) in [5, 5.41) is 0.294. The molecule has 0 aliphatic rings. The fourth-order valence-electron chi connectivity index (χ4n) is 1.76. The number of nitrogen functional groups attached to an aromatic ring is 1. The van der Waals surface area contributed by atoms with Crippen LogP contribution in [0.2, 0.25) is 0 Å². The Morgan fingerprint density at radius 3 is 2.80 bits per heavy atom. The molecule has 2 aromatic rings. The van der Waals surface area contributed by atoms with Crippen LogP contribution < -0.4 is 10.5 Å². The lowest BCUT2D eigenvalue weighted by Gasteiger charge is -2.10. The molecule has 1 heterocycles. The van der Waals surface area contributed by atoms with E-state index in [-0.39, 0.29) is 16.7 Å². The number of benzene rings is 1. The van der Waals surface area contributed by atoms with E-state index in [1.54, 1.807) is 31.4 Å². The first-order valence-corrected chi connectivity index (χ1v) is 9.10. The Labute approximate surface area is 120 Å². The van der Waals surface area contributed by atoms with Crippen molar-refractivity contribution in [3.63, 3.8) is 0 Å². The third-order valence-electron chi connectivity index (χ3n) is 3.08. The zero-order chi connectivity index (χ0) is 14.9. The number of fused-ring (bicyclic) bond motifs is 1. The fourth-order valence-corrected chi connectivity index (χ4v) is 3.48. The highest BCUT2D eigenvalue weighted by molar-refractivity contribution is 7.90. The maximum absolute atomic E-state index is 12.3. The van der Waals surface area contributed by atoms with E-state index in [1.165, 1.54) is 6.20 Å². The van der Waals surface area contributed by atoms with Crippen LogP contribution in [0.25, 0.3) is 10.9 Å². The van der Waals surface area contributed by atoms with Crippen molar-refractivity contribution in [2.45, 2.75) is 17.1 Å². The summed E-state index contributed by atoms with van der Waals surface area (Å²) in [5.41, 5.74) is 6.89. The Bertz CT molecular complexity index is 752. The summed E-state index contributed by atoms with van der Waals surface area (Å²) in [5.74, 6) is 0. The van der Waals surface area contributed by atoms with Crippen LogP contribution in [0.15, 0.2) is 29.3 Å². The first-order chi connectivity index (χ1) is 9.31. The van der Waals surface area contributed by atoms with E-state index in [4.69, 9.17) is 5.73 Å². The van der Waals surface area contributed by atoms with Gasteiger partial charge in [0.2, 0.25) is 10.0 Å². The summed E-state index contributed by atoms with van der Waals surface area (Å²) in [6.45, 7) is 1.85. The van der Waals surface area contributed by atoms with E-state index < -0.39 is 20.8 Å². The van der Waals surface area contributed by atoms with Gasteiger partial charge in [-0.1, -0.05) is 0 Å². The normalized spacial score (nSPS) is 15.3. The molecule has 2 rings (SSSR count). The number of nitrogens with two attached hydrogens (primary N) is 1. The molecule has 0 aliphatic heterocycles. The van der Waals surface area contributed by atoms with E-state index >= 15 is 0 Å². The minimum absolute atomic E-state index is 0.125. The fraction of sp³-hybridized carbons (Fsp3) is 0.333. The SMILES string of the molecule is CC(CNS(=O)(=O)c1c[nH]c2ccc(N)cc12)S(C)=O. The lowest BCUT2D eigenvalue weighted by Crippen LogP contribution is -2.32. The van der Waals surface area contributed by atoms with Gasteiger partial charge < -0.3 is 10.7 Å². The number of H-pyrrole nitrogens is 1. The van der Waals surface area contributed by atoms with Gasteiger partial charge in [-0.15, -0.1) is 0 Å². The first-order valence-electron chi connectivity index (χ1n) is 6.00. The lowest BCUT2D eigenvalue weighted by molar-refractivity contribution is 0.581. The van der Waals surface area contributed by atoms with Crippen LogP contribution in [-0.2, 0) is 20.8 Å². The van der Waals surface area contributed by atoms with E-state index in [2.05, 4.69) is 9.71 Å². The van der Waals surface area contributed by atoms with Crippen molar-refractivity contribution in [2.24, 2.45) is 0 Å². The quantitative estimate of drug-likeness (QED) is 0.710. The molecule has 0 aliphatic carbocycles. The van der Waals surface area contributed by atoms with E-state index in [0.717, 1.165) is 0 Å². The van der Waals surface area contributed by atoms with E-state index in [9.17, 15) is 12.6 Å². The standard InChI is InChI=1S/C12H17N3O3S2/c1-8(19(2)16)6-15-20(17,18)12-7-14-11-4-3-9(13)5-10(11)12/h3-5,7-8,14-15H,6,13H2,1-2H3. The van der Waals surface area contributed by atoms with Gasteiger partial charge in [0.25, 0.3) is 0 Å². The predicted molar refractivity (Wildman–Crippen MR) is 81.4 cm³/mol. The molecule has 20 heavy (non-hydrogen) atoms. The second-order valence-corrected chi connectivity index (χ2v) is 8.16. The number of anilines is 1. The molecule has 0 fully saturated rings. The van der Waals surface area contributed by atoms with Crippen LogP contribution in [0.3, 0.4) is 0 Å². The third kappa shape index (κ3) is 3.02. The van der Waals surface area contributed by atoms with Crippen molar-refractivity contribution in [3.05, 3.63) is 24.4 Å². The monoisotopic (exact) mass is 315 g/mol. The van der Waals surface area contributed by atoms with Crippen molar-refractivity contribution >= 4 is 37.4 Å². The lowest BCUT2D eigenvalue weighted by atomic mass is 10.2. The summed E-state index contributed by atoms with van der Waals surface area (Å²) < 4.78 is 38.3. The summed E-state index contributed by atoms with van der Waals surface area (Å²) >= 11 is 0. The second-order valence-electron chi connectivity index (χ2n) is 4.62. The summed E-state index contributed by atoms with van der Waals surface area (Å²) in [4.78, 5) is 3.04. The molecule has 6 nitrogen and oxygen atoms in total. The highest BCUT2D eigenvalue weighted by Crippen LogP contribution is 2.24. The second kappa shape index (κ2) is 5.55. The third-order valence-corrected chi connectivity index (χ3v) is 5.85. The minimum Gasteiger partial charge on any atom is -0.399 e. The summed E-state index contributed by atoms with van der Waals surface area (Å²) in [7, 11) is -4.74. The zero-order valence-electron chi connectivity index (χ0n) is 11.2. The van der Waals surface area contributed by atoms with E-state index in [0.29, 0.717) is 16.6 Å². The van der Waals surface area contributed by atoms with E-state index in [1.807, 2.05) is 0 Å². The molecule has 110 valence electrons. The van der Waals surface area contributed by atoms with Crippen LogP contribution in [-0.4, -0.2) is 35.7 Å². The number of aromatic nitrogens is 1.